The molecule has 1 aliphatic heterocycles. The first-order chi connectivity index (χ1) is 23.1. The summed E-state index contributed by atoms with van der Waals surface area (Å²) in [5, 5.41) is 21.6. The summed E-state index contributed by atoms with van der Waals surface area (Å²) in [5.74, 6) is 2.08. The standard InChI is InChI=1S/C36H47N9O2S/c1-21-16-27(17-21)37-32(46)24-7-5-6-23(18-24)29(12-15-45-13-10-22(11-14-45)31-41-43-44-42-31)38-33(47)35-40-30-20-25-19-26(36(2,3)4)8-9-28(25)39-34(30)48-35/h5-7,18,20-22,26-27,29H,8-17,19H2,1-4H3,(H,37,46)(H,38,47)(H,41,42,43,44)/t21?,26-,27?,29+/m0/s1. The molecule has 3 aromatic heterocycles. The Morgan fingerprint density at radius 2 is 1.90 bits per heavy atom. The number of aromatic amines is 1. The lowest BCUT2D eigenvalue weighted by Gasteiger charge is -2.34. The Labute approximate surface area is 286 Å². The molecule has 12 heteroatoms. The van der Waals surface area contributed by atoms with Gasteiger partial charge in [-0.05, 0) is 111 Å². The van der Waals surface area contributed by atoms with Gasteiger partial charge in [0.15, 0.2) is 10.8 Å². The third-order valence-electron chi connectivity index (χ3n) is 10.8. The normalized spacial score (nSPS) is 22.5. The van der Waals surface area contributed by atoms with Gasteiger partial charge in [-0.15, -0.1) is 10.2 Å². The predicted octanol–water partition coefficient (Wildman–Crippen LogP) is 5.62. The summed E-state index contributed by atoms with van der Waals surface area (Å²) in [7, 11) is 0. The molecule has 0 radical (unpaired) electrons. The van der Waals surface area contributed by atoms with E-state index in [4.69, 9.17) is 9.97 Å². The average molecular weight is 670 g/mol. The smallest absolute Gasteiger partial charge is 0.280 e. The van der Waals surface area contributed by atoms with E-state index in [1.54, 1.807) is 0 Å². The van der Waals surface area contributed by atoms with E-state index in [-0.39, 0.29) is 29.3 Å². The SMILES string of the molecule is CC1CC(NC(=O)c2cccc([C@@H](CCN3CCC(c4nn[nH]n4)CC3)NC(=O)c3nc4cc5c(nc4s3)CC[C@H](C(C)(C)C)C5)c2)C1. The molecule has 1 aromatic carbocycles. The van der Waals surface area contributed by atoms with Gasteiger partial charge in [0.1, 0.15) is 10.3 Å². The molecular weight excluding hydrogens is 623 g/mol. The van der Waals surface area contributed by atoms with Gasteiger partial charge in [0, 0.05) is 29.8 Å². The van der Waals surface area contributed by atoms with Crippen LogP contribution in [0.5, 0.6) is 0 Å². The number of H-pyrrole nitrogens is 1. The maximum Gasteiger partial charge on any atom is 0.280 e. The van der Waals surface area contributed by atoms with Gasteiger partial charge >= 0.3 is 0 Å². The largest absolute Gasteiger partial charge is 0.349 e. The van der Waals surface area contributed by atoms with Crippen LogP contribution in [0, 0.1) is 17.3 Å². The first kappa shape index (κ1) is 32.8. The highest BCUT2D eigenvalue weighted by atomic mass is 32.1. The number of likely N-dealkylation sites (tertiary alicyclic amines) is 1. The van der Waals surface area contributed by atoms with Crippen molar-refractivity contribution in [2.75, 3.05) is 19.6 Å². The molecular formula is C36H47N9O2S. The number of amides is 2. The number of aryl methyl sites for hydroxylation is 1. The molecule has 2 amide bonds. The number of rotatable bonds is 9. The minimum absolute atomic E-state index is 0.0581. The summed E-state index contributed by atoms with van der Waals surface area (Å²) < 4.78 is 0. The number of pyridine rings is 1. The van der Waals surface area contributed by atoms with Gasteiger partial charge in [0.05, 0.1) is 6.04 Å². The van der Waals surface area contributed by atoms with Crippen LogP contribution in [0.4, 0.5) is 0 Å². The second kappa shape index (κ2) is 13.6. The van der Waals surface area contributed by atoms with Gasteiger partial charge in [-0.3, -0.25) is 9.59 Å². The Balaban J connectivity index is 1.07. The van der Waals surface area contributed by atoms with Crippen LogP contribution in [0.25, 0.3) is 10.3 Å². The highest BCUT2D eigenvalue weighted by Crippen LogP contribution is 2.38. The van der Waals surface area contributed by atoms with Gasteiger partial charge in [-0.25, -0.2) is 9.97 Å². The summed E-state index contributed by atoms with van der Waals surface area (Å²) in [6, 6.07) is 9.82. The van der Waals surface area contributed by atoms with Crippen molar-refractivity contribution in [2.45, 2.75) is 97.1 Å². The fourth-order valence-corrected chi connectivity index (χ4v) is 8.49. The predicted molar refractivity (Wildman–Crippen MR) is 186 cm³/mol. The Hall–Kier alpha value is -3.77. The second-order valence-electron chi connectivity index (χ2n) is 15.3. The van der Waals surface area contributed by atoms with Crippen LogP contribution in [-0.2, 0) is 12.8 Å². The van der Waals surface area contributed by atoms with Crippen LogP contribution >= 0.6 is 11.3 Å². The lowest BCUT2D eigenvalue weighted by Crippen LogP contribution is -2.43. The number of tetrazole rings is 1. The van der Waals surface area contributed by atoms with Crippen molar-refractivity contribution in [1.82, 2.24) is 46.1 Å². The van der Waals surface area contributed by atoms with Crippen molar-refractivity contribution in [3.63, 3.8) is 0 Å². The molecule has 2 fully saturated rings. The maximum absolute atomic E-state index is 13.9. The number of nitrogens with zero attached hydrogens (tertiary/aromatic N) is 6. The van der Waals surface area contributed by atoms with E-state index in [9.17, 15) is 9.59 Å². The lowest BCUT2D eigenvalue weighted by molar-refractivity contribution is 0.0895. The van der Waals surface area contributed by atoms with Crippen LogP contribution < -0.4 is 10.6 Å². The summed E-state index contributed by atoms with van der Waals surface area (Å²) in [6.45, 7) is 11.8. The van der Waals surface area contributed by atoms with E-state index in [1.165, 1.54) is 16.9 Å². The van der Waals surface area contributed by atoms with Crippen LogP contribution in [0.15, 0.2) is 30.3 Å². The molecule has 11 nitrogen and oxygen atoms in total. The van der Waals surface area contributed by atoms with Gasteiger partial charge in [0.2, 0.25) is 0 Å². The van der Waals surface area contributed by atoms with E-state index in [2.05, 4.69) is 69.9 Å². The highest BCUT2D eigenvalue weighted by molar-refractivity contribution is 7.19. The van der Waals surface area contributed by atoms with Crippen molar-refractivity contribution in [3.05, 3.63) is 63.5 Å². The number of benzene rings is 1. The zero-order valence-electron chi connectivity index (χ0n) is 28.5. The molecule has 2 atom stereocenters. The first-order valence-corrected chi connectivity index (χ1v) is 18.4. The van der Waals surface area contributed by atoms with E-state index in [0.717, 1.165) is 92.0 Å². The molecule has 0 spiro atoms. The fraction of sp³-hybridized carbons (Fsp3) is 0.583. The molecule has 3 N–H and O–H groups in total. The first-order valence-electron chi connectivity index (χ1n) is 17.6. The molecule has 1 saturated carbocycles. The van der Waals surface area contributed by atoms with Crippen LogP contribution in [-0.4, -0.2) is 73.0 Å². The van der Waals surface area contributed by atoms with E-state index in [1.807, 2.05) is 24.3 Å². The monoisotopic (exact) mass is 669 g/mol. The molecule has 48 heavy (non-hydrogen) atoms. The molecule has 4 heterocycles. The second-order valence-corrected chi connectivity index (χ2v) is 16.3. The number of hydrogen-bond acceptors (Lipinski definition) is 9. The van der Waals surface area contributed by atoms with Gasteiger partial charge in [-0.2, -0.15) is 5.21 Å². The topological polar surface area (TPSA) is 142 Å². The number of hydrogen-bond donors (Lipinski definition) is 3. The number of piperidine rings is 1. The van der Waals surface area contributed by atoms with Crippen molar-refractivity contribution in [2.24, 2.45) is 17.3 Å². The van der Waals surface area contributed by atoms with Crippen molar-refractivity contribution >= 4 is 33.5 Å². The number of nitrogens with one attached hydrogen (secondary N) is 3. The third kappa shape index (κ3) is 7.29. The van der Waals surface area contributed by atoms with E-state index >= 15 is 0 Å². The average Bonchev–Trinajstić information content (AvgIpc) is 3.75. The summed E-state index contributed by atoms with van der Waals surface area (Å²) in [4.78, 5) is 40.0. The van der Waals surface area contributed by atoms with Crippen molar-refractivity contribution in [3.8, 4) is 0 Å². The summed E-state index contributed by atoms with van der Waals surface area (Å²) in [5.41, 5.74) is 4.98. The van der Waals surface area contributed by atoms with Gasteiger partial charge in [0.25, 0.3) is 11.8 Å². The summed E-state index contributed by atoms with van der Waals surface area (Å²) >= 11 is 1.36. The third-order valence-corrected chi connectivity index (χ3v) is 11.7. The minimum atomic E-state index is -0.287. The number of thiazole rings is 1. The van der Waals surface area contributed by atoms with Crippen LogP contribution in [0.2, 0.25) is 0 Å². The van der Waals surface area contributed by atoms with Crippen molar-refractivity contribution < 1.29 is 9.59 Å². The molecule has 1 saturated heterocycles. The Morgan fingerprint density at radius 1 is 1.08 bits per heavy atom. The summed E-state index contributed by atoms with van der Waals surface area (Å²) in [6.07, 6.45) is 7.76. The number of aromatic nitrogens is 6. The molecule has 3 aliphatic rings. The number of carbonyl (C=O) groups excluding carboxylic acids is 2. The quantitative estimate of drug-likeness (QED) is 0.208. The van der Waals surface area contributed by atoms with Gasteiger partial charge in [-0.1, -0.05) is 56.4 Å². The van der Waals surface area contributed by atoms with E-state index in [0.29, 0.717) is 34.7 Å². The molecule has 2 aliphatic carbocycles. The minimum Gasteiger partial charge on any atom is -0.349 e. The van der Waals surface area contributed by atoms with Crippen LogP contribution in [0.1, 0.15) is 121 Å². The Bertz CT molecular complexity index is 1750. The molecule has 0 unspecified atom stereocenters. The number of carbonyl (C=O) groups is 2. The Kier molecular flexibility index (Phi) is 9.30. The molecule has 7 rings (SSSR count). The lowest BCUT2D eigenvalue weighted by atomic mass is 9.71. The van der Waals surface area contributed by atoms with Gasteiger partial charge < -0.3 is 15.5 Å². The Morgan fingerprint density at radius 3 is 2.62 bits per heavy atom. The van der Waals surface area contributed by atoms with Crippen molar-refractivity contribution in [1.29, 1.82) is 0 Å². The fourth-order valence-electron chi connectivity index (χ4n) is 7.65. The zero-order chi connectivity index (χ0) is 33.4. The zero-order valence-corrected chi connectivity index (χ0v) is 29.3. The van der Waals surface area contributed by atoms with E-state index < -0.39 is 0 Å². The molecule has 0 bridgehead atoms. The number of fused-ring (bicyclic) bond motifs is 2. The molecule has 254 valence electrons. The maximum atomic E-state index is 13.9. The highest BCUT2D eigenvalue weighted by Gasteiger charge is 2.31. The van der Waals surface area contributed by atoms with Crippen LogP contribution in [0.3, 0.4) is 0 Å². The molecule has 4 aromatic rings.